The van der Waals surface area contributed by atoms with Crippen molar-refractivity contribution in [2.45, 2.75) is 48.8 Å². The van der Waals surface area contributed by atoms with Crippen LogP contribution in [0.25, 0.3) is 0 Å². The largest absolute Gasteiger partial charge is 0.353 e. The van der Waals surface area contributed by atoms with Gasteiger partial charge in [0.1, 0.15) is 0 Å². The number of carbonyl (C=O) groups excluding carboxylic acids is 2. The third-order valence-electron chi connectivity index (χ3n) is 5.01. The van der Waals surface area contributed by atoms with Gasteiger partial charge in [0.25, 0.3) is 5.91 Å². The second-order valence-corrected chi connectivity index (χ2v) is 9.32. The van der Waals surface area contributed by atoms with Crippen LogP contribution in [0.1, 0.15) is 48.0 Å². The van der Waals surface area contributed by atoms with Crippen LogP contribution in [0.3, 0.4) is 0 Å². The highest BCUT2D eigenvalue weighted by molar-refractivity contribution is 7.90. The van der Waals surface area contributed by atoms with Gasteiger partial charge in [-0.05, 0) is 42.7 Å². The summed E-state index contributed by atoms with van der Waals surface area (Å²) in [4.78, 5) is 24.6. The number of carbonyl (C=O) groups is 2. The quantitative estimate of drug-likeness (QED) is 0.695. The minimum absolute atomic E-state index is 0.0556. The lowest BCUT2D eigenvalue weighted by Gasteiger charge is -2.12. The maximum absolute atomic E-state index is 12.5. The summed E-state index contributed by atoms with van der Waals surface area (Å²) >= 11 is 0. The van der Waals surface area contributed by atoms with Gasteiger partial charge in [-0.25, -0.2) is 8.42 Å². The summed E-state index contributed by atoms with van der Waals surface area (Å²) in [7, 11) is -3.48. The summed E-state index contributed by atoms with van der Waals surface area (Å²) in [5.41, 5.74) is 0.919. The van der Waals surface area contributed by atoms with Gasteiger partial charge in [-0.2, -0.15) is 0 Å². The van der Waals surface area contributed by atoms with E-state index in [2.05, 4.69) is 10.6 Å². The van der Waals surface area contributed by atoms with Crippen LogP contribution >= 0.6 is 0 Å². The van der Waals surface area contributed by atoms with E-state index >= 15 is 0 Å². The summed E-state index contributed by atoms with van der Waals surface area (Å²) in [5.74, 6) is -0.556. The summed E-state index contributed by atoms with van der Waals surface area (Å²) in [6, 6.07) is 15.1. The van der Waals surface area contributed by atoms with Crippen LogP contribution in [0.15, 0.2) is 59.5 Å². The predicted molar refractivity (Wildman–Crippen MR) is 111 cm³/mol. The standard InChI is InChI=1S/C22H26N2O4S/c25-21(24-19-9-4-5-10-19)13-14-23-22(26)18-8-6-7-17(15-18)16-29(27,28)20-11-2-1-3-12-20/h1-3,6-8,11-12,15,19H,4-5,9-10,13-14,16H2,(H,23,26)(H,24,25). The van der Waals surface area contributed by atoms with Crippen molar-refractivity contribution < 1.29 is 18.0 Å². The molecule has 0 aliphatic heterocycles. The van der Waals surface area contributed by atoms with Gasteiger partial charge >= 0.3 is 0 Å². The highest BCUT2D eigenvalue weighted by atomic mass is 32.2. The molecular formula is C22H26N2O4S. The van der Waals surface area contributed by atoms with Gasteiger partial charge < -0.3 is 10.6 Å². The van der Waals surface area contributed by atoms with E-state index in [1.54, 1.807) is 54.6 Å². The Morgan fingerprint density at radius 3 is 2.41 bits per heavy atom. The number of hydrogen-bond acceptors (Lipinski definition) is 4. The first-order valence-electron chi connectivity index (χ1n) is 9.88. The van der Waals surface area contributed by atoms with Crippen molar-refractivity contribution in [1.29, 1.82) is 0 Å². The molecule has 0 atom stereocenters. The number of hydrogen-bond donors (Lipinski definition) is 2. The van der Waals surface area contributed by atoms with Crippen LogP contribution in [-0.2, 0) is 20.4 Å². The lowest BCUT2D eigenvalue weighted by atomic mass is 10.1. The second kappa shape index (κ2) is 9.69. The SMILES string of the molecule is O=C(CCNC(=O)c1cccc(CS(=O)(=O)c2ccccc2)c1)NC1CCCC1. The van der Waals surface area contributed by atoms with E-state index in [-0.39, 0.29) is 41.5 Å². The molecule has 1 aliphatic carbocycles. The number of sulfone groups is 1. The molecule has 6 nitrogen and oxygen atoms in total. The fraction of sp³-hybridized carbons (Fsp3) is 0.364. The maximum Gasteiger partial charge on any atom is 0.251 e. The summed E-state index contributed by atoms with van der Waals surface area (Å²) in [6.07, 6.45) is 4.58. The van der Waals surface area contributed by atoms with Crippen molar-refractivity contribution in [2.24, 2.45) is 0 Å². The molecule has 0 heterocycles. The average molecular weight is 415 g/mol. The molecule has 0 spiro atoms. The van der Waals surface area contributed by atoms with Crippen LogP contribution in [0.5, 0.6) is 0 Å². The van der Waals surface area contributed by atoms with Crippen LogP contribution in [0, 0.1) is 0 Å². The van der Waals surface area contributed by atoms with Crippen LogP contribution in [0.2, 0.25) is 0 Å². The van der Waals surface area contributed by atoms with Crippen molar-refractivity contribution in [1.82, 2.24) is 10.6 Å². The highest BCUT2D eigenvalue weighted by Crippen LogP contribution is 2.18. The molecule has 1 saturated carbocycles. The number of amides is 2. The molecule has 0 bridgehead atoms. The van der Waals surface area contributed by atoms with Crippen molar-refractivity contribution in [3.05, 3.63) is 65.7 Å². The van der Waals surface area contributed by atoms with E-state index in [1.807, 2.05) is 0 Å². The van der Waals surface area contributed by atoms with Crippen molar-refractivity contribution in [2.75, 3.05) is 6.54 Å². The summed E-state index contributed by atoms with van der Waals surface area (Å²) in [5, 5.41) is 5.71. The normalized spacial score (nSPS) is 14.5. The Morgan fingerprint density at radius 1 is 0.966 bits per heavy atom. The molecule has 154 valence electrons. The Hall–Kier alpha value is -2.67. The Kier molecular flexibility index (Phi) is 7.04. The van der Waals surface area contributed by atoms with Gasteiger partial charge in [-0.1, -0.05) is 43.2 Å². The van der Waals surface area contributed by atoms with Gasteiger partial charge in [0, 0.05) is 24.6 Å². The van der Waals surface area contributed by atoms with E-state index < -0.39 is 9.84 Å². The smallest absolute Gasteiger partial charge is 0.251 e. The summed E-state index contributed by atoms with van der Waals surface area (Å²) < 4.78 is 25.1. The molecule has 2 aromatic carbocycles. The number of nitrogens with one attached hydrogen (secondary N) is 2. The lowest BCUT2D eigenvalue weighted by Crippen LogP contribution is -2.35. The zero-order valence-electron chi connectivity index (χ0n) is 16.3. The van der Waals surface area contributed by atoms with E-state index in [0.717, 1.165) is 25.7 Å². The molecule has 0 saturated heterocycles. The van der Waals surface area contributed by atoms with Gasteiger partial charge in [0.15, 0.2) is 9.84 Å². The van der Waals surface area contributed by atoms with Crippen LogP contribution < -0.4 is 10.6 Å². The van der Waals surface area contributed by atoms with E-state index in [9.17, 15) is 18.0 Å². The average Bonchev–Trinajstić information content (AvgIpc) is 3.21. The zero-order chi connectivity index (χ0) is 20.7. The van der Waals surface area contributed by atoms with E-state index in [1.165, 1.54) is 0 Å². The van der Waals surface area contributed by atoms with Crippen LogP contribution in [0.4, 0.5) is 0 Å². The second-order valence-electron chi connectivity index (χ2n) is 7.33. The van der Waals surface area contributed by atoms with Crippen molar-refractivity contribution in [3.8, 4) is 0 Å². The van der Waals surface area contributed by atoms with Crippen LogP contribution in [-0.4, -0.2) is 32.8 Å². The van der Waals surface area contributed by atoms with Crippen molar-refractivity contribution >= 4 is 21.7 Å². The molecule has 7 heteroatoms. The Labute approximate surface area is 171 Å². The third kappa shape index (κ3) is 6.15. The summed E-state index contributed by atoms with van der Waals surface area (Å²) in [6.45, 7) is 0.240. The highest BCUT2D eigenvalue weighted by Gasteiger charge is 2.18. The van der Waals surface area contributed by atoms with Crippen molar-refractivity contribution in [3.63, 3.8) is 0 Å². The molecule has 29 heavy (non-hydrogen) atoms. The molecule has 0 radical (unpaired) electrons. The molecule has 0 unspecified atom stereocenters. The van der Waals surface area contributed by atoms with Gasteiger partial charge in [0.05, 0.1) is 10.6 Å². The van der Waals surface area contributed by atoms with Gasteiger partial charge in [-0.15, -0.1) is 0 Å². The molecule has 2 aromatic rings. The molecule has 1 aliphatic rings. The first-order chi connectivity index (χ1) is 13.9. The van der Waals surface area contributed by atoms with Gasteiger partial charge in [-0.3, -0.25) is 9.59 Å². The molecular weight excluding hydrogens is 388 g/mol. The zero-order valence-corrected chi connectivity index (χ0v) is 17.1. The first kappa shape index (κ1) is 21.0. The van der Waals surface area contributed by atoms with E-state index in [4.69, 9.17) is 0 Å². The molecule has 1 fully saturated rings. The minimum Gasteiger partial charge on any atom is -0.353 e. The predicted octanol–water partition coefficient (Wildman–Crippen LogP) is 2.84. The minimum atomic E-state index is -3.48. The number of rotatable bonds is 8. The fourth-order valence-corrected chi connectivity index (χ4v) is 4.85. The Balaban J connectivity index is 1.53. The Morgan fingerprint density at radius 2 is 1.69 bits per heavy atom. The number of benzene rings is 2. The third-order valence-corrected chi connectivity index (χ3v) is 6.71. The lowest BCUT2D eigenvalue weighted by molar-refractivity contribution is -0.121. The molecule has 0 aromatic heterocycles. The fourth-order valence-electron chi connectivity index (χ4n) is 3.49. The molecule has 3 rings (SSSR count). The first-order valence-corrected chi connectivity index (χ1v) is 11.5. The molecule has 2 amide bonds. The topological polar surface area (TPSA) is 92.3 Å². The molecule has 2 N–H and O–H groups in total. The maximum atomic E-state index is 12.5. The Bertz CT molecular complexity index is 952. The van der Waals surface area contributed by atoms with Gasteiger partial charge in [0.2, 0.25) is 5.91 Å². The van der Waals surface area contributed by atoms with E-state index in [0.29, 0.717) is 11.1 Å². The monoisotopic (exact) mass is 414 g/mol.